The van der Waals surface area contributed by atoms with Gasteiger partial charge in [0.1, 0.15) is 0 Å². The molecule has 0 aliphatic heterocycles. The molecular formula is C11H19ClO2Si. The number of halogens is 1. The summed E-state index contributed by atoms with van der Waals surface area (Å²) in [7, 11) is 0.0810. The van der Waals surface area contributed by atoms with E-state index in [-0.39, 0.29) is 17.8 Å². The Morgan fingerprint density at radius 2 is 2.00 bits per heavy atom. The minimum absolute atomic E-state index is 0.0563. The molecule has 0 spiro atoms. The maximum atomic E-state index is 11.7. The molecule has 0 bridgehead atoms. The van der Waals surface area contributed by atoms with Crippen molar-refractivity contribution in [1.82, 2.24) is 0 Å². The van der Waals surface area contributed by atoms with E-state index in [1.807, 2.05) is 0 Å². The number of ether oxygens (including phenoxy) is 1. The van der Waals surface area contributed by atoms with Crippen LogP contribution in [0, 0.1) is 11.8 Å². The molecule has 4 heteroatoms. The van der Waals surface area contributed by atoms with Crippen LogP contribution >= 0.6 is 11.6 Å². The maximum Gasteiger partial charge on any atom is 0.309 e. The molecule has 0 fully saturated rings. The first kappa shape index (κ1) is 12.8. The van der Waals surface area contributed by atoms with Crippen LogP contribution in [-0.2, 0) is 9.53 Å². The molecule has 1 rings (SSSR count). The highest BCUT2D eigenvalue weighted by atomic mass is 35.5. The van der Waals surface area contributed by atoms with Gasteiger partial charge in [0.2, 0.25) is 0 Å². The van der Waals surface area contributed by atoms with E-state index in [1.54, 1.807) is 0 Å². The molecule has 0 heterocycles. The molecule has 1 aliphatic carbocycles. The van der Waals surface area contributed by atoms with Crippen molar-refractivity contribution in [3.8, 4) is 0 Å². The summed E-state index contributed by atoms with van der Waals surface area (Å²) in [5.74, 6) is 0.477. The standard InChI is InChI=1S/C11H19ClO2Si/c1-14-11(13)10-8(7-12)5-6-9(10)15(2,3)4/h5-6,8-10H,7H2,1-4H3/t8-,9+,10+/m0/s1. The Balaban J connectivity index is 2.90. The van der Waals surface area contributed by atoms with Crippen LogP contribution in [0.25, 0.3) is 0 Å². The van der Waals surface area contributed by atoms with Crippen LogP contribution in [0.1, 0.15) is 0 Å². The van der Waals surface area contributed by atoms with Gasteiger partial charge in [-0.05, 0) is 5.54 Å². The van der Waals surface area contributed by atoms with Crippen LogP contribution in [0.15, 0.2) is 12.2 Å². The Bertz CT molecular complexity index is 270. The maximum absolute atomic E-state index is 11.7. The number of methoxy groups -OCH3 is 1. The second-order valence-electron chi connectivity index (χ2n) is 5.14. The Morgan fingerprint density at radius 3 is 2.40 bits per heavy atom. The molecule has 0 saturated carbocycles. The van der Waals surface area contributed by atoms with Gasteiger partial charge in [-0.1, -0.05) is 31.8 Å². The number of rotatable bonds is 3. The van der Waals surface area contributed by atoms with Crippen LogP contribution in [0.4, 0.5) is 0 Å². The average Bonchev–Trinajstić information content (AvgIpc) is 2.59. The quantitative estimate of drug-likeness (QED) is 0.331. The third-order valence-electron chi connectivity index (χ3n) is 3.07. The first-order valence-corrected chi connectivity index (χ1v) is 9.35. The lowest BCUT2D eigenvalue weighted by Gasteiger charge is -2.30. The van der Waals surface area contributed by atoms with Crippen molar-refractivity contribution in [1.29, 1.82) is 0 Å². The monoisotopic (exact) mass is 246 g/mol. The van der Waals surface area contributed by atoms with Crippen LogP contribution in [-0.4, -0.2) is 27.0 Å². The van der Waals surface area contributed by atoms with Crippen LogP contribution in [0.2, 0.25) is 25.2 Å². The van der Waals surface area contributed by atoms with Gasteiger partial charge < -0.3 is 4.74 Å². The molecule has 0 aromatic carbocycles. The highest BCUT2D eigenvalue weighted by molar-refractivity contribution is 6.78. The summed E-state index contributed by atoms with van der Waals surface area (Å²) >= 11 is 5.88. The largest absolute Gasteiger partial charge is 0.469 e. The fourth-order valence-electron chi connectivity index (χ4n) is 2.20. The number of esters is 1. The van der Waals surface area contributed by atoms with Crippen LogP contribution in [0.3, 0.4) is 0 Å². The lowest BCUT2D eigenvalue weighted by molar-refractivity contribution is -0.146. The number of allylic oxidation sites excluding steroid dienone is 2. The molecule has 0 amide bonds. The SMILES string of the molecule is COC(=O)[C@H]1[C@H]([Si](C)(C)C)C=C[C@H]1CCl. The second-order valence-corrected chi connectivity index (χ2v) is 10.9. The molecular weight excluding hydrogens is 228 g/mol. The van der Waals surface area contributed by atoms with E-state index < -0.39 is 8.07 Å². The zero-order valence-corrected chi connectivity index (χ0v) is 11.5. The molecule has 2 nitrogen and oxygen atoms in total. The minimum Gasteiger partial charge on any atom is -0.469 e. The summed E-state index contributed by atoms with van der Waals surface area (Å²) in [5, 5.41) is 0. The zero-order valence-electron chi connectivity index (χ0n) is 9.79. The molecule has 0 aromatic heterocycles. The van der Waals surface area contributed by atoms with Crippen molar-refractivity contribution in [2.75, 3.05) is 13.0 Å². The second kappa shape index (κ2) is 4.70. The predicted molar refractivity (Wildman–Crippen MR) is 66.0 cm³/mol. The van der Waals surface area contributed by atoms with Crippen molar-refractivity contribution in [3.63, 3.8) is 0 Å². The molecule has 0 radical (unpaired) electrons. The number of hydrogen-bond donors (Lipinski definition) is 0. The molecule has 1 aliphatic rings. The first-order valence-electron chi connectivity index (χ1n) is 5.24. The number of carbonyl (C=O) groups excluding carboxylic acids is 1. The summed E-state index contributed by atoms with van der Waals surface area (Å²) in [4.78, 5) is 11.7. The van der Waals surface area contributed by atoms with Crippen molar-refractivity contribution in [3.05, 3.63) is 12.2 Å². The zero-order chi connectivity index (χ0) is 11.6. The molecule has 0 aromatic rings. The third kappa shape index (κ3) is 2.64. The van der Waals surface area contributed by atoms with Crippen molar-refractivity contribution < 1.29 is 9.53 Å². The minimum atomic E-state index is -1.37. The molecule has 15 heavy (non-hydrogen) atoms. The van der Waals surface area contributed by atoms with Crippen LogP contribution < -0.4 is 0 Å². The van der Waals surface area contributed by atoms with Gasteiger partial charge in [-0.3, -0.25) is 4.79 Å². The van der Waals surface area contributed by atoms with E-state index in [2.05, 4.69) is 31.8 Å². The van der Waals surface area contributed by atoms with Gasteiger partial charge in [-0.25, -0.2) is 0 Å². The van der Waals surface area contributed by atoms with E-state index >= 15 is 0 Å². The van der Waals surface area contributed by atoms with Gasteiger partial charge in [0.15, 0.2) is 0 Å². The summed E-state index contributed by atoms with van der Waals surface area (Å²) in [5.41, 5.74) is 0.355. The topological polar surface area (TPSA) is 26.3 Å². The Hall–Kier alpha value is -0.283. The summed E-state index contributed by atoms with van der Waals surface area (Å²) in [6.07, 6.45) is 4.25. The van der Waals surface area contributed by atoms with Gasteiger partial charge >= 0.3 is 5.97 Å². The van der Waals surface area contributed by atoms with E-state index in [9.17, 15) is 4.79 Å². The van der Waals surface area contributed by atoms with Gasteiger partial charge in [-0.2, -0.15) is 0 Å². The van der Waals surface area contributed by atoms with Gasteiger partial charge in [0.25, 0.3) is 0 Å². The summed E-state index contributed by atoms with van der Waals surface area (Å²) in [6, 6.07) is 0. The third-order valence-corrected chi connectivity index (χ3v) is 5.97. The Morgan fingerprint density at radius 1 is 1.40 bits per heavy atom. The van der Waals surface area contributed by atoms with Crippen molar-refractivity contribution in [2.45, 2.75) is 25.2 Å². The van der Waals surface area contributed by atoms with E-state index in [4.69, 9.17) is 16.3 Å². The molecule has 0 N–H and O–H groups in total. The average molecular weight is 247 g/mol. The molecule has 3 atom stereocenters. The number of carbonyl (C=O) groups is 1. The van der Waals surface area contributed by atoms with E-state index in [0.29, 0.717) is 11.4 Å². The first-order chi connectivity index (χ1) is 6.91. The Labute approximate surface area is 97.7 Å². The van der Waals surface area contributed by atoms with Crippen LogP contribution in [0.5, 0.6) is 0 Å². The van der Waals surface area contributed by atoms with Crippen molar-refractivity contribution in [2.24, 2.45) is 11.8 Å². The van der Waals surface area contributed by atoms with Gasteiger partial charge in [-0.15, -0.1) is 11.6 Å². The normalized spacial score (nSPS) is 30.6. The van der Waals surface area contributed by atoms with E-state index in [1.165, 1.54) is 7.11 Å². The number of alkyl halides is 1. The van der Waals surface area contributed by atoms with Gasteiger partial charge in [0.05, 0.1) is 21.1 Å². The molecule has 0 unspecified atom stereocenters. The smallest absolute Gasteiger partial charge is 0.309 e. The van der Waals surface area contributed by atoms with Gasteiger partial charge in [0, 0.05) is 11.8 Å². The number of hydrogen-bond acceptors (Lipinski definition) is 2. The highest BCUT2D eigenvalue weighted by Crippen LogP contribution is 2.42. The summed E-state index contributed by atoms with van der Waals surface area (Å²) in [6.45, 7) is 6.82. The van der Waals surface area contributed by atoms with Crippen molar-refractivity contribution >= 4 is 25.6 Å². The predicted octanol–water partition coefficient (Wildman–Crippen LogP) is 2.91. The fourth-order valence-corrected chi connectivity index (χ4v) is 4.64. The summed E-state index contributed by atoms with van der Waals surface area (Å²) < 4.78 is 4.88. The highest BCUT2D eigenvalue weighted by Gasteiger charge is 2.43. The lowest BCUT2D eigenvalue weighted by Crippen LogP contribution is -2.37. The molecule has 0 saturated heterocycles. The Kier molecular flexibility index (Phi) is 4.01. The fraction of sp³-hybridized carbons (Fsp3) is 0.727. The molecule has 86 valence electrons. The van der Waals surface area contributed by atoms with E-state index in [0.717, 1.165) is 0 Å². The lowest BCUT2D eigenvalue weighted by atomic mass is 9.97.